The summed E-state index contributed by atoms with van der Waals surface area (Å²) in [6.07, 6.45) is 15.0. The maximum atomic E-state index is 14.3. The molecular formula is C24H38F2O. The van der Waals surface area contributed by atoms with Crippen molar-refractivity contribution in [1.82, 2.24) is 0 Å². The Balaban J connectivity index is 1.75. The summed E-state index contributed by atoms with van der Waals surface area (Å²) in [7, 11) is 0. The van der Waals surface area contributed by atoms with Crippen LogP contribution >= 0.6 is 0 Å². The van der Waals surface area contributed by atoms with Gasteiger partial charge in [0, 0.05) is 0 Å². The fourth-order valence-corrected chi connectivity index (χ4v) is 4.20. The molecule has 0 aromatic heterocycles. The quantitative estimate of drug-likeness (QED) is 0.335. The maximum Gasteiger partial charge on any atom is 0.200 e. The first-order valence-corrected chi connectivity index (χ1v) is 11.2. The average molecular weight is 381 g/mol. The molecule has 1 aromatic carbocycles. The van der Waals surface area contributed by atoms with Crippen molar-refractivity contribution in [1.29, 1.82) is 0 Å². The Bertz CT molecular complexity index is 535. The van der Waals surface area contributed by atoms with Crippen molar-refractivity contribution in [3.8, 4) is 5.75 Å². The van der Waals surface area contributed by atoms with Gasteiger partial charge in [0.1, 0.15) is 0 Å². The highest BCUT2D eigenvalue weighted by Gasteiger charge is 2.22. The molecule has 0 aliphatic heterocycles. The predicted molar refractivity (Wildman–Crippen MR) is 109 cm³/mol. The monoisotopic (exact) mass is 380 g/mol. The topological polar surface area (TPSA) is 9.23 Å². The van der Waals surface area contributed by atoms with Gasteiger partial charge in [-0.1, -0.05) is 77.7 Å². The zero-order chi connectivity index (χ0) is 19.5. The number of halogens is 2. The van der Waals surface area contributed by atoms with E-state index in [1.54, 1.807) is 12.1 Å². The Morgan fingerprint density at radius 3 is 2.19 bits per heavy atom. The molecule has 2 rings (SSSR count). The van der Waals surface area contributed by atoms with E-state index < -0.39 is 11.6 Å². The summed E-state index contributed by atoms with van der Waals surface area (Å²) in [5.74, 6) is -0.118. The van der Waals surface area contributed by atoms with Crippen LogP contribution in [0, 0.1) is 23.5 Å². The number of unbranched alkanes of at least 4 members (excludes halogenated alkanes) is 5. The summed E-state index contributed by atoms with van der Waals surface area (Å²) < 4.78 is 34.3. The molecule has 0 spiro atoms. The largest absolute Gasteiger partial charge is 0.490 e. The summed E-state index contributed by atoms with van der Waals surface area (Å²) >= 11 is 0. The van der Waals surface area contributed by atoms with Crippen LogP contribution in [0.5, 0.6) is 5.75 Å². The Labute approximate surface area is 164 Å². The third kappa shape index (κ3) is 7.43. The minimum Gasteiger partial charge on any atom is -0.490 e. The molecule has 0 heterocycles. The zero-order valence-electron chi connectivity index (χ0n) is 17.4. The third-order valence-corrected chi connectivity index (χ3v) is 6.08. The summed E-state index contributed by atoms with van der Waals surface area (Å²) in [4.78, 5) is 0. The summed E-state index contributed by atoms with van der Waals surface area (Å²) in [5.41, 5.74) is 0.476. The Hall–Kier alpha value is -1.12. The lowest BCUT2D eigenvalue weighted by Crippen LogP contribution is -2.20. The van der Waals surface area contributed by atoms with Crippen molar-refractivity contribution in [2.75, 3.05) is 6.61 Å². The van der Waals surface area contributed by atoms with Crippen molar-refractivity contribution in [3.63, 3.8) is 0 Å². The van der Waals surface area contributed by atoms with E-state index in [2.05, 4.69) is 13.8 Å². The molecule has 0 atom stereocenters. The molecule has 0 bridgehead atoms. The number of ether oxygens (including phenoxy) is 1. The fraction of sp³-hybridized carbons (Fsp3) is 0.750. The second kappa shape index (κ2) is 12.4. The fourth-order valence-electron chi connectivity index (χ4n) is 4.20. The van der Waals surface area contributed by atoms with E-state index in [9.17, 15) is 8.78 Å². The molecule has 0 N–H and O–H groups in total. The Kier molecular flexibility index (Phi) is 10.2. The van der Waals surface area contributed by atoms with Gasteiger partial charge in [-0.3, -0.25) is 0 Å². The minimum atomic E-state index is -0.809. The van der Waals surface area contributed by atoms with Crippen molar-refractivity contribution in [2.45, 2.75) is 97.3 Å². The SMILES string of the molecule is CCCCCCc1ccc(OC[C@H]2CC[C@H](CCCCC)CC2)c(F)c1F. The first kappa shape index (κ1) is 22.2. The van der Waals surface area contributed by atoms with Crippen LogP contribution in [0.1, 0.15) is 96.5 Å². The third-order valence-electron chi connectivity index (χ3n) is 6.08. The van der Waals surface area contributed by atoms with Gasteiger partial charge >= 0.3 is 0 Å². The van der Waals surface area contributed by atoms with Gasteiger partial charge < -0.3 is 4.74 Å². The van der Waals surface area contributed by atoms with Gasteiger partial charge in [-0.15, -0.1) is 0 Å². The molecule has 0 saturated heterocycles. The second-order valence-corrected chi connectivity index (χ2v) is 8.35. The van der Waals surface area contributed by atoms with E-state index in [-0.39, 0.29) is 5.75 Å². The summed E-state index contributed by atoms with van der Waals surface area (Å²) in [6, 6.07) is 3.31. The van der Waals surface area contributed by atoms with Gasteiger partial charge in [-0.2, -0.15) is 4.39 Å². The lowest BCUT2D eigenvalue weighted by molar-refractivity contribution is 0.172. The highest BCUT2D eigenvalue weighted by atomic mass is 19.2. The number of rotatable bonds is 12. The van der Waals surface area contributed by atoms with Gasteiger partial charge in [0.15, 0.2) is 11.6 Å². The van der Waals surface area contributed by atoms with E-state index in [1.807, 2.05) is 0 Å². The van der Waals surface area contributed by atoms with Crippen LogP contribution < -0.4 is 4.74 Å². The molecular weight excluding hydrogens is 342 g/mol. The molecule has 1 aliphatic carbocycles. The van der Waals surface area contributed by atoms with E-state index in [1.165, 1.54) is 38.5 Å². The first-order chi connectivity index (χ1) is 13.2. The van der Waals surface area contributed by atoms with Gasteiger partial charge in [0.05, 0.1) is 6.61 Å². The van der Waals surface area contributed by atoms with Gasteiger partial charge in [-0.05, 0) is 49.1 Å². The van der Waals surface area contributed by atoms with Crippen molar-refractivity contribution >= 4 is 0 Å². The van der Waals surface area contributed by atoms with Crippen LogP contribution in [-0.4, -0.2) is 6.61 Å². The number of aryl methyl sites for hydroxylation is 1. The van der Waals surface area contributed by atoms with E-state index in [0.29, 0.717) is 24.5 Å². The van der Waals surface area contributed by atoms with Crippen LogP contribution in [0.4, 0.5) is 8.78 Å². The molecule has 1 fully saturated rings. The Morgan fingerprint density at radius 2 is 1.48 bits per heavy atom. The normalized spacial score (nSPS) is 20.0. The number of benzene rings is 1. The lowest BCUT2D eigenvalue weighted by Gasteiger charge is -2.28. The highest BCUT2D eigenvalue weighted by molar-refractivity contribution is 5.31. The van der Waals surface area contributed by atoms with Crippen molar-refractivity contribution in [2.24, 2.45) is 11.8 Å². The maximum absolute atomic E-state index is 14.3. The molecule has 3 heteroatoms. The van der Waals surface area contributed by atoms with Crippen LogP contribution in [-0.2, 0) is 6.42 Å². The minimum absolute atomic E-state index is 0.0786. The van der Waals surface area contributed by atoms with Crippen LogP contribution in [0.15, 0.2) is 12.1 Å². The standard InChI is InChI=1S/C24H38F2O/c1-3-5-7-9-11-21-16-17-22(24(26)23(21)25)27-18-20-14-12-19(13-15-20)10-8-6-4-2/h16-17,19-20H,3-15,18H2,1-2H3/t19-,20-. The molecule has 1 saturated carbocycles. The van der Waals surface area contributed by atoms with Crippen LogP contribution in [0.25, 0.3) is 0 Å². The number of hydrogen-bond acceptors (Lipinski definition) is 1. The van der Waals surface area contributed by atoms with E-state index in [4.69, 9.17) is 4.74 Å². The molecule has 27 heavy (non-hydrogen) atoms. The first-order valence-electron chi connectivity index (χ1n) is 11.2. The summed E-state index contributed by atoms with van der Waals surface area (Å²) in [5, 5.41) is 0. The smallest absolute Gasteiger partial charge is 0.200 e. The zero-order valence-corrected chi connectivity index (χ0v) is 17.4. The van der Waals surface area contributed by atoms with E-state index in [0.717, 1.165) is 44.4 Å². The molecule has 0 radical (unpaired) electrons. The van der Waals surface area contributed by atoms with Crippen LogP contribution in [0.2, 0.25) is 0 Å². The van der Waals surface area contributed by atoms with E-state index >= 15 is 0 Å². The predicted octanol–water partition coefficient (Wildman–Crippen LogP) is 7.85. The average Bonchev–Trinajstić information content (AvgIpc) is 2.69. The van der Waals surface area contributed by atoms with Gasteiger partial charge in [0.2, 0.25) is 5.82 Å². The van der Waals surface area contributed by atoms with Crippen molar-refractivity contribution in [3.05, 3.63) is 29.3 Å². The number of hydrogen-bond donors (Lipinski definition) is 0. The highest BCUT2D eigenvalue weighted by Crippen LogP contribution is 2.33. The van der Waals surface area contributed by atoms with Crippen molar-refractivity contribution < 1.29 is 13.5 Å². The molecule has 1 aromatic rings. The van der Waals surface area contributed by atoms with Gasteiger partial charge in [0.25, 0.3) is 0 Å². The second-order valence-electron chi connectivity index (χ2n) is 8.35. The molecule has 1 aliphatic rings. The molecule has 154 valence electrons. The Morgan fingerprint density at radius 1 is 0.815 bits per heavy atom. The molecule has 0 amide bonds. The summed E-state index contributed by atoms with van der Waals surface area (Å²) in [6.45, 7) is 4.90. The van der Waals surface area contributed by atoms with Crippen LogP contribution in [0.3, 0.4) is 0 Å². The molecule has 0 unspecified atom stereocenters. The van der Waals surface area contributed by atoms with Gasteiger partial charge in [-0.25, -0.2) is 4.39 Å². The lowest BCUT2D eigenvalue weighted by atomic mass is 9.80. The molecule has 1 nitrogen and oxygen atoms in total.